The average Bonchev–Trinajstić information content (AvgIpc) is 3.43. The summed E-state index contributed by atoms with van der Waals surface area (Å²) in [6.45, 7) is 0.200. The molecule has 36 heavy (non-hydrogen) atoms. The molecule has 1 aliphatic heterocycles. The predicted molar refractivity (Wildman–Crippen MR) is 144 cm³/mol. The Morgan fingerprint density at radius 2 is 1.67 bits per heavy atom. The molecule has 0 bridgehead atoms. The molecular formula is C32H27FN2O. The number of hydrogen-bond donors (Lipinski definition) is 1. The van der Waals surface area contributed by atoms with Crippen LogP contribution in [0.3, 0.4) is 0 Å². The molecule has 2 aliphatic rings. The molecule has 4 heteroatoms. The number of rotatable bonds is 6. The summed E-state index contributed by atoms with van der Waals surface area (Å²) in [4.78, 5) is 4.65. The van der Waals surface area contributed by atoms with E-state index in [1.807, 2.05) is 30.5 Å². The van der Waals surface area contributed by atoms with Crippen molar-refractivity contribution in [3.05, 3.63) is 137 Å². The molecule has 0 radical (unpaired) electrons. The molecule has 1 N–H and O–H groups in total. The van der Waals surface area contributed by atoms with E-state index in [2.05, 4.69) is 71.0 Å². The first-order chi connectivity index (χ1) is 17.7. The van der Waals surface area contributed by atoms with Crippen molar-refractivity contribution < 1.29 is 9.13 Å². The van der Waals surface area contributed by atoms with E-state index in [0.717, 1.165) is 17.7 Å². The van der Waals surface area contributed by atoms with Crippen LogP contribution in [0.25, 0.3) is 0 Å². The van der Waals surface area contributed by atoms with Crippen molar-refractivity contribution in [1.82, 2.24) is 0 Å². The number of halogens is 1. The molecule has 0 aromatic heterocycles. The lowest BCUT2D eigenvalue weighted by Gasteiger charge is -2.37. The van der Waals surface area contributed by atoms with Crippen molar-refractivity contribution in [3.8, 4) is 5.75 Å². The number of nitrogens with one attached hydrogen (secondary N) is 1. The first kappa shape index (κ1) is 22.3. The molecule has 4 aromatic rings. The molecule has 4 aromatic carbocycles. The topological polar surface area (TPSA) is 33.6 Å². The minimum atomic E-state index is -0.254. The van der Waals surface area contributed by atoms with Gasteiger partial charge in [0.15, 0.2) is 0 Å². The van der Waals surface area contributed by atoms with Crippen LogP contribution in [-0.2, 0) is 6.61 Å². The molecule has 3 nitrogen and oxygen atoms in total. The number of para-hydroxylation sites is 1. The average molecular weight is 475 g/mol. The van der Waals surface area contributed by atoms with Crippen LogP contribution >= 0.6 is 0 Å². The van der Waals surface area contributed by atoms with Gasteiger partial charge in [0, 0.05) is 23.4 Å². The van der Waals surface area contributed by atoms with Crippen LogP contribution in [0.1, 0.15) is 40.6 Å². The number of anilines is 1. The SMILES string of the molecule is Fc1ccccc1COc1ccc(C=Nc2ccc([C@@H]3Nc4ccccc4[C@@H]4C=CC[C@@H]43)cc2)cc1. The molecular weight excluding hydrogens is 447 g/mol. The number of nitrogens with zero attached hydrogens (tertiary/aromatic N) is 1. The first-order valence-corrected chi connectivity index (χ1v) is 12.4. The van der Waals surface area contributed by atoms with Gasteiger partial charge in [-0.05, 0) is 77.6 Å². The number of allylic oxidation sites excluding steroid dienone is 2. The zero-order valence-electron chi connectivity index (χ0n) is 19.8. The van der Waals surface area contributed by atoms with Crippen molar-refractivity contribution in [1.29, 1.82) is 0 Å². The number of benzene rings is 4. The molecule has 0 saturated carbocycles. The third kappa shape index (κ3) is 4.55. The summed E-state index contributed by atoms with van der Waals surface area (Å²) >= 11 is 0. The van der Waals surface area contributed by atoms with Crippen LogP contribution < -0.4 is 10.1 Å². The Morgan fingerprint density at radius 1 is 0.889 bits per heavy atom. The minimum absolute atomic E-state index is 0.200. The zero-order valence-corrected chi connectivity index (χ0v) is 19.8. The van der Waals surface area contributed by atoms with Gasteiger partial charge >= 0.3 is 0 Å². The van der Waals surface area contributed by atoms with Crippen molar-refractivity contribution >= 4 is 17.6 Å². The lowest BCUT2D eigenvalue weighted by molar-refractivity contribution is 0.300. The van der Waals surface area contributed by atoms with Gasteiger partial charge in [0.05, 0.1) is 11.7 Å². The smallest absolute Gasteiger partial charge is 0.129 e. The monoisotopic (exact) mass is 474 g/mol. The van der Waals surface area contributed by atoms with E-state index < -0.39 is 0 Å². The van der Waals surface area contributed by atoms with Crippen molar-refractivity contribution in [2.24, 2.45) is 10.9 Å². The van der Waals surface area contributed by atoms with Crippen molar-refractivity contribution in [2.75, 3.05) is 5.32 Å². The standard InChI is InChI=1S/C32H27FN2O/c33-30-10-3-1-6-24(30)21-36-26-18-12-22(13-19-26)20-34-25-16-14-23(15-17-25)32-29-9-5-8-27(29)28-7-2-4-11-31(28)35-32/h1-8,10-20,27,29,32,35H,9,21H2/t27-,29-,32-/m0/s1. The summed E-state index contributed by atoms with van der Waals surface area (Å²) in [6, 6.07) is 31.8. The maximum Gasteiger partial charge on any atom is 0.129 e. The Kier molecular flexibility index (Phi) is 6.08. The first-order valence-electron chi connectivity index (χ1n) is 12.4. The fraction of sp³-hybridized carbons (Fsp3) is 0.156. The summed E-state index contributed by atoms with van der Waals surface area (Å²) in [6.07, 6.45) is 7.63. The Labute approximate surface area is 211 Å². The van der Waals surface area contributed by atoms with Gasteiger partial charge in [-0.1, -0.05) is 60.7 Å². The fourth-order valence-electron chi connectivity index (χ4n) is 5.22. The third-order valence-corrected chi connectivity index (χ3v) is 7.12. The Morgan fingerprint density at radius 3 is 2.50 bits per heavy atom. The van der Waals surface area contributed by atoms with Gasteiger partial charge in [-0.25, -0.2) is 4.39 Å². The second-order valence-corrected chi connectivity index (χ2v) is 9.36. The lowest BCUT2D eigenvalue weighted by atomic mass is 9.77. The summed E-state index contributed by atoms with van der Waals surface area (Å²) in [5, 5.41) is 3.78. The maximum atomic E-state index is 13.8. The van der Waals surface area contributed by atoms with Gasteiger partial charge in [-0.2, -0.15) is 0 Å². The third-order valence-electron chi connectivity index (χ3n) is 7.12. The molecule has 0 spiro atoms. The van der Waals surface area contributed by atoms with Crippen LogP contribution in [0.4, 0.5) is 15.8 Å². The van der Waals surface area contributed by atoms with Crippen LogP contribution in [0.2, 0.25) is 0 Å². The van der Waals surface area contributed by atoms with Crippen LogP contribution in [0.5, 0.6) is 5.75 Å². The molecule has 1 aliphatic carbocycles. The zero-order chi connectivity index (χ0) is 24.3. The van der Waals surface area contributed by atoms with E-state index in [0.29, 0.717) is 23.1 Å². The van der Waals surface area contributed by atoms with E-state index in [-0.39, 0.29) is 18.5 Å². The Balaban J connectivity index is 1.10. The van der Waals surface area contributed by atoms with Gasteiger partial charge in [0.1, 0.15) is 18.2 Å². The lowest BCUT2D eigenvalue weighted by Crippen LogP contribution is -2.28. The summed E-state index contributed by atoms with van der Waals surface area (Å²) in [5.74, 6) is 1.45. The van der Waals surface area contributed by atoms with Gasteiger partial charge in [0.25, 0.3) is 0 Å². The second kappa shape index (κ2) is 9.82. The van der Waals surface area contributed by atoms with Crippen LogP contribution in [0, 0.1) is 11.7 Å². The quantitative estimate of drug-likeness (QED) is 0.227. The number of ether oxygens (including phenoxy) is 1. The number of hydrogen-bond acceptors (Lipinski definition) is 3. The van der Waals surface area contributed by atoms with Crippen LogP contribution in [-0.4, -0.2) is 6.21 Å². The predicted octanol–water partition coefficient (Wildman–Crippen LogP) is 7.98. The molecule has 1 heterocycles. The molecule has 0 unspecified atom stereocenters. The van der Waals surface area contributed by atoms with Gasteiger partial charge in [0.2, 0.25) is 0 Å². The van der Waals surface area contributed by atoms with E-state index in [9.17, 15) is 4.39 Å². The highest BCUT2D eigenvalue weighted by atomic mass is 19.1. The van der Waals surface area contributed by atoms with E-state index in [1.54, 1.807) is 18.2 Å². The van der Waals surface area contributed by atoms with E-state index in [4.69, 9.17) is 4.74 Å². The molecule has 3 atom stereocenters. The van der Waals surface area contributed by atoms with Gasteiger partial charge in [-0.3, -0.25) is 4.99 Å². The fourth-order valence-corrected chi connectivity index (χ4v) is 5.22. The largest absolute Gasteiger partial charge is 0.489 e. The number of fused-ring (bicyclic) bond motifs is 3. The highest BCUT2D eigenvalue weighted by Crippen LogP contribution is 2.49. The van der Waals surface area contributed by atoms with Crippen LogP contribution in [0.15, 0.2) is 114 Å². The van der Waals surface area contributed by atoms with E-state index in [1.165, 1.54) is 22.9 Å². The molecule has 6 rings (SSSR count). The summed E-state index contributed by atoms with van der Waals surface area (Å²) < 4.78 is 19.5. The molecule has 178 valence electrons. The highest BCUT2D eigenvalue weighted by molar-refractivity contribution is 5.82. The minimum Gasteiger partial charge on any atom is -0.489 e. The highest BCUT2D eigenvalue weighted by Gasteiger charge is 2.37. The normalized spacial score (nSPS) is 20.1. The molecule has 0 amide bonds. The summed E-state index contributed by atoms with van der Waals surface area (Å²) in [7, 11) is 0. The molecule has 0 fully saturated rings. The van der Waals surface area contributed by atoms with Gasteiger partial charge in [-0.15, -0.1) is 0 Å². The second-order valence-electron chi connectivity index (χ2n) is 9.36. The Hall–Kier alpha value is -4.18. The van der Waals surface area contributed by atoms with Gasteiger partial charge < -0.3 is 10.1 Å². The van der Waals surface area contributed by atoms with E-state index >= 15 is 0 Å². The maximum absolute atomic E-state index is 13.8. The van der Waals surface area contributed by atoms with Crippen molar-refractivity contribution in [3.63, 3.8) is 0 Å². The molecule has 0 saturated heterocycles. The summed E-state index contributed by atoms with van der Waals surface area (Å²) in [5.41, 5.74) is 6.35. The number of aliphatic imine (C=N–C) groups is 1. The van der Waals surface area contributed by atoms with Crippen molar-refractivity contribution in [2.45, 2.75) is 25.0 Å². The Bertz CT molecular complexity index is 1410.